The Hall–Kier alpha value is -0.0400. The third-order valence-corrected chi connectivity index (χ3v) is 3.52. The lowest BCUT2D eigenvalue weighted by molar-refractivity contribution is 0.285. The van der Waals surface area contributed by atoms with Gasteiger partial charge in [0.2, 0.25) is 0 Å². The van der Waals surface area contributed by atoms with Crippen molar-refractivity contribution < 1.29 is 0 Å². The van der Waals surface area contributed by atoms with Crippen LogP contribution < -0.4 is 0 Å². The summed E-state index contributed by atoms with van der Waals surface area (Å²) in [5.41, 5.74) is 0. The third kappa shape index (κ3) is 0.800. The molecule has 3 atom stereocenters. The lowest BCUT2D eigenvalue weighted by atomic mass is 9.95. The highest BCUT2D eigenvalue weighted by atomic mass is 15.2. The van der Waals surface area contributed by atoms with E-state index in [1.807, 2.05) is 0 Å². The monoisotopic (exact) mass is 139 g/mol. The summed E-state index contributed by atoms with van der Waals surface area (Å²) < 4.78 is 0. The molecule has 1 heteroatoms. The van der Waals surface area contributed by atoms with Crippen LogP contribution >= 0.6 is 0 Å². The molecule has 1 heterocycles. The second kappa shape index (κ2) is 2.23. The average molecular weight is 139 g/mol. The average Bonchev–Trinajstić information content (AvgIpc) is 2.41. The minimum atomic E-state index is 0.954. The quantitative estimate of drug-likeness (QED) is 0.494. The fourth-order valence-electron chi connectivity index (χ4n) is 2.78. The highest BCUT2D eigenvalue weighted by Gasteiger charge is 2.39. The molecule has 58 valence electrons. The maximum Gasteiger partial charge on any atom is 0.0124 e. The zero-order valence-corrected chi connectivity index (χ0v) is 7.01. The van der Waals surface area contributed by atoms with E-state index in [0.717, 1.165) is 17.9 Å². The van der Waals surface area contributed by atoms with Gasteiger partial charge in [-0.3, -0.25) is 0 Å². The maximum atomic E-state index is 2.55. The van der Waals surface area contributed by atoms with Gasteiger partial charge in [0, 0.05) is 6.04 Å². The van der Waals surface area contributed by atoms with Gasteiger partial charge in [0.1, 0.15) is 0 Å². The Bertz CT molecular complexity index is 117. The Morgan fingerprint density at radius 3 is 2.70 bits per heavy atom. The van der Waals surface area contributed by atoms with Crippen molar-refractivity contribution in [1.82, 2.24) is 4.90 Å². The fourth-order valence-corrected chi connectivity index (χ4v) is 2.78. The molecule has 0 N–H and O–H groups in total. The van der Waals surface area contributed by atoms with Crippen LogP contribution in [0.4, 0.5) is 0 Å². The van der Waals surface area contributed by atoms with E-state index in [9.17, 15) is 0 Å². The van der Waals surface area contributed by atoms with E-state index >= 15 is 0 Å². The van der Waals surface area contributed by atoms with E-state index in [-0.39, 0.29) is 0 Å². The zero-order valence-electron chi connectivity index (χ0n) is 7.01. The summed E-state index contributed by atoms with van der Waals surface area (Å²) in [7, 11) is 2.28. The third-order valence-electron chi connectivity index (χ3n) is 3.52. The number of hydrogen-bond donors (Lipinski definition) is 0. The first-order valence-corrected chi connectivity index (χ1v) is 4.49. The van der Waals surface area contributed by atoms with Gasteiger partial charge in [-0.2, -0.15) is 0 Å². The predicted octanol–water partition coefficient (Wildman–Crippen LogP) is 1.74. The summed E-state index contributed by atoms with van der Waals surface area (Å²) in [6.07, 6.45) is 4.39. The molecule has 2 rings (SSSR count). The van der Waals surface area contributed by atoms with Crippen LogP contribution in [0.2, 0.25) is 0 Å². The number of likely N-dealkylation sites (tertiary alicyclic amines) is 1. The molecular formula is C9H17N. The maximum absolute atomic E-state index is 2.55. The van der Waals surface area contributed by atoms with Gasteiger partial charge in [0.25, 0.3) is 0 Å². The predicted molar refractivity (Wildman–Crippen MR) is 42.9 cm³/mol. The van der Waals surface area contributed by atoms with Crippen LogP contribution in [-0.2, 0) is 0 Å². The first-order chi connectivity index (χ1) is 4.79. The first-order valence-electron chi connectivity index (χ1n) is 4.49. The van der Waals surface area contributed by atoms with Crippen molar-refractivity contribution in [2.24, 2.45) is 11.8 Å². The molecule has 0 aromatic heterocycles. The number of hydrogen-bond acceptors (Lipinski definition) is 1. The fraction of sp³-hybridized carbons (Fsp3) is 1.00. The topological polar surface area (TPSA) is 3.24 Å². The highest BCUT2D eigenvalue weighted by Crippen LogP contribution is 2.40. The van der Waals surface area contributed by atoms with Crippen LogP contribution in [0.3, 0.4) is 0 Å². The van der Waals surface area contributed by atoms with Gasteiger partial charge < -0.3 is 4.90 Å². The van der Waals surface area contributed by atoms with Gasteiger partial charge in [-0.15, -0.1) is 0 Å². The molecule has 0 bridgehead atoms. The molecule has 2 aliphatic rings. The van der Waals surface area contributed by atoms with Gasteiger partial charge in [0.05, 0.1) is 0 Å². The minimum absolute atomic E-state index is 0.954. The molecule has 1 saturated heterocycles. The number of nitrogens with zero attached hydrogens (tertiary/aromatic N) is 1. The van der Waals surface area contributed by atoms with E-state index < -0.39 is 0 Å². The summed E-state index contributed by atoms with van der Waals surface area (Å²) in [5, 5.41) is 0. The second-order valence-corrected chi connectivity index (χ2v) is 4.06. The van der Waals surface area contributed by atoms with Crippen LogP contribution in [0.1, 0.15) is 26.2 Å². The Labute approximate surface area is 63.4 Å². The SMILES string of the molecule is C[C@H]1CCC2C1CCN2C. The van der Waals surface area contributed by atoms with Crippen molar-refractivity contribution in [3.8, 4) is 0 Å². The molecule has 0 spiro atoms. The van der Waals surface area contributed by atoms with Gasteiger partial charge in [-0.05, 0) is 44.7 Å². The van der Waals surface area contributed by atoms with Gasteiger partial charge in [-0.25, -0.2) is 0 Å². The van der Waals surface area contributed by atoms with Crippen LogP contribution in [0.25, 0.3) is 0 Å². The van der Waals surface area contributed by atoms with Crippen LogP contribution in [-0.4, -0.2) is 24.5 Å². The van der Waals surface area contributed by atoms with Crippen molar-refractivity contribution in [3.05, 3.63) is 0 Å². The first kappa shape index (κ1) is 6.66. The van der Waals surface area contributed by atoms with Gasteiger partial charge in [-0.1, -0.05) is 6.92 Å². The van der Waals surface area contributed by atoms with Gasteiger partial charge in [0.15, 0.2) is 0 Å². The normalized spacial score (nSPS) is 48.0. The summed E-state index contributed by atoms with van der Waals surface area (Å²) in [4.78, 5) is 2.55. The minimum Gasteiger partial charge on any atom is -0.303 e. The molecular weight excluding hydrogens is 122 g/mol. The van der Waals surface area contributed by atoms with Crippen molar-refractivity contribution in [1.29, 1.82) is 0 Å². The van der Waals surface area contributed by atoms with Crippen molar-refractivity contribution in [3.63, 3.8) is 0 Å². The molecule has 2 unspecified atom stereocenters. The molecule has 1 aliphatic carbocycles. The van der Waals surface area contributed by atoms with E-state index in [0.29, 0.717) is 0 Å². The molecule has 0 radical (unpaired) electrons. The number of rotatable bonds is 0. The van der Waals surface area contributed by atoms with Crippen molar-refractivity contribution in [2.45, 2.75) is 32.2 Å². The summed E-state index contributed by atoms with van der Waals surface area (Å²) in [5.74, 6) is 2.06. The summed E-state index contributed by atoms with van der Waals surface area (Å²) in [6.45, 7) is 3.77. The smallest absolute Gasteiger partial charge is 0.0124 e. The van der Waals surface area contributed by atoms with E-state index in [2.05, 4.69) is 18.9 Å². The molecule has 2 fully saturated rings. The molecule has 0 amide bonds. The zero-order chi connectivity index (χ0) is 7.14. The molecule has 1 aliphatic heterocycles. The summed E-state index contributed by atoms with van der Waals surface area (Å²) in [6, 6.07) is 0.954. The van der Waals surface area contributed by atoms with E-state index in [4.69, 9.17) is 0 Å². The molecule has 0 aromatic rings. The van der Waals surface area contributed by atoms with E-state index in [1.165, 1.54) is 25.8 Å². The van der Waals surface area contributed by atoms with Crippen LogP contribution in [0.5, 0.6) is 0 Å². The highest BCUT2D eigenvalue weighted by molar-refractivity contribution is 4.93. The Morgan fingerprint density at radius 1 is 1.20 bits per heavy atom. The van der Waals surface area contributed by atoms with Gasteiger partial charge >= 0.3 is 0 Å². The Morgan fingerprint density at radius 2 is 2.00 bits per heavy atom. The molecule has 1 nitrogen and oxygen atoms in total. The molecule has 10 heavy (non-hydrogen) atoms. The molecule has 1 saturated carbocycles. The lowest BCUT2D eigenvalue weighted by Gasteiger charge is -2.18. The standard InChI is InChI=1S/C9H17N/c1-7-3-4-9-8(7)5-6-10(9)2/h7-9H,3-6H2,1-2H3/t7-,8?,9?/m0/s1. The van der Waals surface area contributed by atoms with Crippen LogP contribution in [0.15, 0.2) is 0 Å². The Balaban J connectivity index is 2.09. The lowest BCUT2D eigenvalue weighted by Crippen LogP contribution is -2.25. The number of fused-ring (bicyclic) bond motifs is 1. The van der Waals surface area contributed by atoms with Crippen LogP contribution in [0, 0.1) is 11.8 Å². The largest absolute Gasteiger partial charge is 0.303 e. The van der Waals surface area contributed by atoms with E-state index in [1.54, 1.807) is 0 Å². The Kier molecular flexibility index (Phi) is 1.48. The molecule has 0 aromatic carbocycles. The summed E-state index contributed by atoms with van der Waals surface area (Å²) >= 11 is 0. The van der Waals surface area contributed by atoms with Crippen molar-refractivity contribution in [2.75, 3.05) is 13.6 Å². The second-order valence-electron chi connectivity index (χ2n) is 4.06. The van der Waals surface area contributed by atoms with Crippen molar-refractivity contribution >= 4 is 0 Å².